The molecule has 1 rings (SSSR count). The summed E-state index contributed by atoms with van der Waals surface area (Å²) in [6.45, 7) is 16.2. The molecule has 0 bridgehead atoms. The lowest BCUT2D eigenvalue weighted by Crippen LogP contribution is -1.98. The Morgan fingerprint density at radius 1 is 1.13 bits per heavy atom. The van der Waals surface area contributed by atoms with Crippen molar-refractivity contribution in [2.75, 3.05) is 13.7 Å². The number of carbonyl (C=O) groups excluding carboxylic acids is 2. The largest absolute Gasteiger partial charge is 0.466 e. The topological polar surface area (TPSA) is 52.6 Å². The van der Waals surface area contributed by atoms with Crippen molar-refractivity contribution in [1.29, 1.82) is 0 Å². The number of esters is 2. The van der Waals surface area contributed by atoms with E-state index in [0.29, 0.717) is 12.2 Å². The minimum absolute atomic E-state index is 0.347. The second-order valence-corrected chi connectivity index (χ2v) is 4.37. The first-order valence-corrected chi connectivity index (χ1v) is 7.04. The second kappa shape index (κ2) is 14.3. The zero-order valence-corrected chi connectivity index (χ0v) is 14.4. The van der Waals surface area contributed by atoms with Gasteiger partial charge in [0.15, 0.2) is 0 Å². The smallest absolute Gasteiger partial charge is 0.332 e. The maximum Gasteiger partial charge on any atom is 0.332 e. The van der Waals surface area contributed by atoms with E-state index < -0.39 is 0 Å². The van der Waals surface area contributed by atoms with Crippen LogP contribution in [0.25, 0.3) is 5.57 Å². The van der Waals surface area contributed by atoms with Gasteiger partial charge in [-0.2, -0.15) is 0 Å². The van der Waals surface area contributed by atoms with Gasteiger partial charge in [0, 0.05) is 11.6 Å². The molecule has 0 radical (unpaired) electrons. The minimum atomic E-state index is -0.359. The third kappa shape index (κ3) is 14.1. The highest BCUT2D eigenvalue weighted by atomic mass is 16.5. The van der Waals surface area contributed by atoms with Crippen molar-refractivity contribution >= 4 is 17.5 Å². The summed E-state index contributed by atoms with van der Waals surface area (Å²) in [5.41, 5.74) is 2.77. The van der Waals surface area contributed by atoms with Crippen LogP contribution in [0.5, 0.6) is 0 Å². The summed E-state index contributed by atoms with van der Waals surface area (Å²) in [5, 5.41) is 0. The summed E-state index contributed by atoms with van der Waals surface area (Å²) in [4.78, 5) is 20.3. The molecular formula is C19H26O4. The van der Waals surface area contributed by atoms with Crippen molar-refractivity contribution in [2.45, 2.75) is 20.8 Å². The average molecular weight is 318 g/mol. The number of carbonyl (C=O) groups is 2. The van der Waals surface area contributed by atoms with Crippen molar-refractivity contribution in [1.82, 2.24) is 0 Å². The van der Waals surface area contributed by atoms with Crippen molar-refractivity contribution in [3.8, 4) is 0 Å². The quantitative estimate of drug-likeness (QED) is 0.617. The van der Waals surface area contributed by atoms with Gasteiger partial charge in [0.1, 0.15) is 0 Å². The Bertz CT molecular complexity index is 513. The van der Waals surface area contributed by atoms with Gasteiger partial charge in [-0.3, -0.25) is 0 Å². The van der Waals surface area contributed by atoms with E-state index in [0.717, 1.165) is 11.6 Å². The fourth-order valence-electron chi connectivity index (χ4n) is 1.10. The first-order chi connectivity index (χ1) is 10.8. The molecule has 0 saturated heterocycles. The molecule has 0 spiro atoms. The first kappa shape index (κ1) is 22.7. The van der Waals surface area contributed by atoms with Gasteiger partial charge < -0.3 is 9.47 Å². The molecule has 1 aromatic carbocycles. The lowest BCUT2D eigenvalue weighted by Gasteiger charge is -1.94. The first-order valence-electron chi connectivity index (χ1n) is 7.04. The monoisotopic (exact) mass is 318 g/mol. The fraction of sp³-hybridized carbons (Fsp3) is 0.263. The van der Waals surface area contributed by atoms with E-state index >= 15 is 0 Å². The van der Waals surface area contributed by atoms with Gasteiger partial charge in [0.2, 0.25) is 0 Å². The molecule has 0 aliphatic heterocycles. The Morgan fingerprint density at radius 2 is 1.65 bits per heavy atom. The fourth-order valence-corrected chi connectivity index (χ4v) is 1.10. The molecule has 0 saturated carbocycles. The molecule has 0 aliphatic carbocycles. The lowest BCUT2D eigenvalue weighted by atomic mass is 10.1. The maximum absolute atomic E-state index is 10.2. The molecule has 23 heavy (non-hydrogen) atoms. The SMILES string of the molecule is C=C(C)C(=O)OC.C=C(C)c1ccccc1.C=CC(=O)OCC. The Labute approximate surface area is 139 Å². The molecule has 0 unspecified atom stereocenters. The van der Waals surface area contributed by atoms with Crippen LogP contribution < -0.4 is 0 Å². The molecule has 0 N–H and O–H groups in total. The standard InChI is InChI=1S/C9H10.2C5H8O2/c1-8(2)9-6-4-3-5-7-9;1-4(2)5(6)7-3;1-3-5(6)7-4-2/h3-7H,1H2,2H3;1H2,2-3H3;3H,1,4H2,2H3. The Hall–Kier alpha value is -2.62. The van der Waals surface area contributed by atoms with Crippen molar-refractivity contribution in [2.24, 2.45) is 0 Å². The number of benzene rings is 1. The van der Waals surface area contributed by atoms with E-state index in [1.54, 1.807) is 13.8 Å². The van der Waals surface area contributed by atoms with Crippen molar-refractivity contribution in [3.05, 3.63) is 67.3 Å². The molecular weight excluding hydrogens is 292 g/mol. The molecule has 0 heterocycles. The van der Waals surface area contributed by atoms with E-state index in [9.17, 15) is 9.59 Å². The van der Waals surface area contributed by atoms with Crippen molar-refractivity contribution in [3.63, 3.8) is 0 Å². The molecule has 0 aromatic heterocycles. The van der Waals surface area contributed by atoms with Crippen LogP contribution in [0.15, 0.2) is 61.7 Å². The number of rotatable bonds is 4. The molecule has 0 aliphatic rings. The van der Waals surface area contributed by atoms with Gasteiger partial charge in [0.05, 0.1) is 13.7 Å². The van der Waals surface area contributed by atoms with Crippen LogP contribution in [-0.4, -0.2) is 25.7 Å². The van der Waals surface area contributed by atoms with Crippen LogP contribution >= 0.6 is 0 Å². The highest BCUT2D eigenvalue weighted by molar-refractivity contribution is 5.86. The van der Waals surface area contributed by atoms with Gasteiger partial charge in [-0.1, -0.05) is 55.6 Å². The summed E-state index contributed by atoms with van der Waals surface area (Å²) in [6, 6.07) is 10.2. The predicted octanol–water partition coefficient (Wildman–Crippen LogP) is 4.19. The van der Waals surface area contributed by atoms with E-state index in [-0.39, 0.29) is 11.9 Å². The normalized spacial score (nSPS) is 8.17. The van der Waals surface area contributed by atoms with Gasteiger partial charge in [-0.05, 0) is 26.3 Å². The Morgan fingerprint density at radius 3 is 1.83 bits per heavy atom. The van der Waals surface area contributed by atoms with Crippen LogP contribution in [0.1, 0.15) is 26.3 Å². The highest BCUT2D eigenvalue weighted by Gasteiger charge is 1.95. The summed E-state index contributed by atoms with van der Waals surface area (Å²) < 4.78 is 8.71. The number of ether oxygens (including phenoxy) is 2. The van der Waals surface area contributed by atoms with Gasteiger partial charge in [-0.15, -0.1) is 0 Å². The maximum atomic E-state index is 10.2. The van der Waals surface area contributed by atoms with Crippen LogP contribution in [0.2, 0.25) is 0 Å². The molecule has 1 aromatic rings. The molecule has 0 fully saturated rings. The summed E-state index contributed by atoms with van der Waals surface area (Å²) in [6.07, 6.45) is 1.14. The van der Waals surface area contributed by atoms with E-state index in [2.05, 4.69) is 41.3 Å². The predicted molar refractivity (Wildman–Crippen MR) is 94.8 cm³/mol. The van der Waals surface area contributed by atoms with E-state index in [1.165, 1.54) is 12.7 Å². The number of hydrogen-bond donors (Lipinski definition) is 0. The third-order valence-corrected chi connectivity index (χ3v) is 2.25. The molecule has 0 amide bonds. The third-order valence-electron chi connectivity index (χ3n) is 2.25. The summed E-state index contributed by atoms with van der Waals surface area (Å²) in [5.74, 6) is -0.706. The van der Waals surface area contributed by atoms with Gasteiger partial charge in [-0.25, -0.2) is 9.59 Å². The summed E-state index contributed by atoms with van der Waals surface area (Å²) >= 11 is 0. The number of hydrogen-bond acceptors (Lipinski definition) is 4. The molecule has 4 heteroatoms. The van der Waals surface area contributed by atoms with E-state index in [4.69, 9.17) is 0 Å². The molecule has 4 nitrogen and oxygen atoms in total. The number of methoxy groups -OCH3 is 1. The zero-order valence-electron chi connectivity index (χ0n) is 14.4. The zero-order chi connectivity index (χ0) is 18.3. The highest BCUT2D eigenvalue weighted by Crippen LogP contribution is 2.08. The van der Waals surface area contributed by atoms with Crippen molar-refractivity contribution < 1.29 is 19.1 Å². The average Bonchev–Trinajstić information content (AvgIpc) is 2.56. The minimum Gasteiger partial charge on any atom is -0.466 e. The van der Waals surface area contributed by atoms with Gasteiger partial charge >= 0.3 is 11.9 Å². The second-order valence-electron chi connectivity index (χ2n) is 4.37. The van der Waals surface area contributed by atoms with Crippen LogP contribution in [0.3, 0.4) is 0 Å². The van der Waals surface area contributed by atoms with Crippen LogP contribution in [-0.2, 0) is 19.1 Å². The van der Waals surface area contributed by atoms with Crippen LogP contribution in [0, 0.1) is 0 Å². The lowest BCUT2D eigenvalue weighted by molar-refractivity contribution is -0.137. The summed E-state index contributed by atoms with van der Waals surface area (Å²) in [7, 11) is 1.33. The molecule has 0 atom stereocenters. The van der Waals surface area contributed by atoms with Crippen LogP contribution in [0.4, 0.5) is 0 Å². The molecule has 126 valence electrons. The number of allylic oxidation sites excluding steroid dienone is 1. The Kier molecular flexibility index (Phi) is 14.1. The van der Waals surface area contributed by atoms with E-state index in [1.807, 2.05) is 25.1 Å². The van der Waals surface area contributed by atoms with Gasteiger partial charge in [0.25, 0.3) is 0 Å². The Balaban J connectivity index is 0.